The lowest BCUT2D eigenvalue weighted by Crippen LogP contribution is -2.61. The molecule has 2 aliphatic rings. The largest absolute Gasteiger partial charge is 0.310 e. The summed E-state index contributed by atoms with van der Waals surface area (Å²) in [4.78, 5) is 5.04. The highest BCUT2D eigenvalue weighted by atomic mass is 15.2. The van der Waals surface area contributed by atoms with Crippen LogP contribution in [0.5, 0.6) is 0 Å². The maximum atomic E-state index is 9.91. The van der Waals surface area contributed by atoms with Gasteiger partial charge in [0.25, 0.3) is 6.71 Å². The molecule has 0 saturated carbocycles. The van der Waals surface area contributed by atoms with E-state index in [1.54, 1.807) is 4.57 Å². The summed E-state index contributed by atoms with van der Waals surface area (Å²) < 4.78 is 77.7. The van der Waals surface area contributed by atoms with Crippen molar-refractivity contribution in [3.05, 3.63) is 388 Å². The van der Waals surface area contributed by atoms with E-state index in [9.17, 15) is 8.22 Å². The summed E-state index contributed by atoms with van der Waals surface area (Å²) in [5, 5.41) is 0.00631. The van der Waals surface area contributed by atoms with Crippen molar-refractivity contribution in [3.8, 4) is 106 Å². The first-order valence-electron chi connectivity index (χ1n) is 39.6. The van der Waals surface area contributed by atoms with Crippen LogP contribution in [0.4, 0.5) is 34.1 Å². The highest BCUT2D eigenvalue weighted by Crippen LogP contribution is 2.56. The van der Waals surface area contributed by atoms with Gasteiger partial charge in [-0.3, -0.25) is 0 Å². The molecule has 3 heterocycles. The number of hydrogen-bond donors (Lipinski definition) is 0. The van der Waals surface area contributed by atoms with Crippen LogP contribution in [0.15, 0.2) is 382 Å². The van der Waals surface area contributed by atoms with Crippen molar-refractivity contribution in [1.82, 2.24) is 4.57 Å². The number of benzene rings is 16. The molecule has 104 heavy (non-hydrogen) atoms. The van der Waals surface area contributed by atoms with Gasteiger partial charge >= 0.3 is 0 Å². The van der Waals surface area contributed by atoms with Crippen LogP contribution in [0, 0.1) is 0 Å². The molecule has 1 aromatic heterocycles. The van der Waals surface area contributed by atoms with Crippen LogP contribution in [-0.4, -0.2) is 11.3 Å². The van der Waals surface area contributed by atoms with Crippen LogP contribution < -0.4 is 26.2 Å². The van der Waals surface area contributed by atoms with Gasteiger partial charge in [-0.1, -0.05) is 324 Å². The molecule has 16 aromatic carbocycles. The Balaban J connectivity index is 1.01. The van der Waals surface area contributed by atoms with Crippen molar-refractivity contribution in [3.63, 3.8) is 0 Å². The van der Waals surface area contributed by atoms with Crippen LogP contribution in [0.3, 0.4) is 0 Å². The fourth-order valence-electron chi connectivity index (χ4n) is 16.0. The quantitative estimate of drug-likeness (QED) is 0.113. The molecule has 4 heteroatoms. The highest BCUT2D eigenvalue weighted by Gasteiger charge is 2.46. The zero-order valence-electron chi connectivity index (χ0n) is 65.7. The standard InChI is InChI=1S/C100H72BN3/c1-100(2,3)81-64-95-97-96(65-81)104(99-86(73-43-23-10-24-44-73)60-80(71-39-19-8-20-40-71)62-88(99)78-48-30-46-75(58-78)68-33-13-5-14-34-68)94-66-82(102-91-51-27-25-49-83(91)84-50-26-28-52-92(84)102)54-55-89(94)101(97)90-63-76(69-35-15-6-16-36-69)53-56-93(90)103(95)98-85(72-41-21-9-22-42-72)59-79(70-37-17-7-18-38-70)61-87(98)77-47-29-45-74(57-77)67-31-11-4-12-32-67/h4-66H,1-3H3/i25D,26D,27D,28D,49D,50D,51D,52D. The lowest BCUT2D eigenvalue weighted by molar-refractivity contribution is 0.590. The molecule has 0 saturated heterocycles. The van der Waals surface area contributed by atoms with E-state index in [4.69, 9.17) is 2.74 Å². The Morgan fingerprint density at radius 1 is 0.269 bits per heavy atom. The van der Waals surface area contributed by atoms with Gasteiger partial charge in [-0.15, -0.1) is 0 Å². The SMILES string of the molecule is [2H]c1c([2H])c([2H])c2c(c1[2H])c1c([2H])c([2H])c([2H])c([2H])c1n2-c1ccc2c(c1)N(c1c(-c3ccccc3)cc(-c3ccccc3)cc1-c1cccc(-c3ccccc3)c1)c1cc(C(C)(C)C)cc3c1B2c1cc(-c2ccccc2)ccc1N3c1c(-c2ccccc2)cc(-c2ccccc2)cc1-c1cccc(-c2ccccc2)c1. The number of anilines is 6. The van der Waals surface area contributed by atoms with Crippen molar-refractivity contribution in [2.45, 2.75) is 26.2 Å². The lowest BCUT2D eigenvalue weighted by atomic mass is 9.33. The number of hydrogen-bond acceptors (Lipinski definition) is 2. The third kappa shape index (κ3) is 10.8. The van der Waals surface area contributed by atoms with Crippen LogP contribution in [0.2, 0.25) is 0 Å². The van der Waals surface area contributed by atoms with Crippen molar-refractivity contribution >= 4 is 79.0 Å². The van der Waals surface area contributed by atoms with E-state index in [0.717, 1.165) is 156 Å². The summed E-state index contributed by atoms with van der Waals surface area (Å²) in [6.45, 7) is 6.33. The van der Waals surface area contributed by atoms with Crippen molar-refractivity contribution in [2.75, 3.05) is 9.80 Å². The Bertz CT molecular complexity index is 6560. The lowest BCUT2D eigenvalue weighted by Gasteiger charge is -2.46. The van der Waals surface area contributed by atoms with Gasteiger partial charge < -0.3 is 14.4 Å². The fraction of sp³-hybridized carbons (Fsp3) is 0.0400. The Labute approximate surface area is 620 Å². The molecular weight excluding hydrogens is 1250 g/mol. The number of aromatic nitrogens is 1. The van der Waals surface area contributed by atoms with E-state index in [1.807, 2.05) is 18.2 Å². The number of nitrogens with zero attached hydrogens (tertiary/aromatic N) is 3. The van der Waals surface area contributed by atoms with Crippen molar-refractivity contribution in [2.24, 2.45) is 0 Å². The van der Waals surface area contributed by atoms with Crippen LogP contribution in [-0.2, 0) is 5.41 Å². The summed E-state index contributed by atoms with van der Waals surface area (Å²) in [6, 6.07) is 116. The van der Waals surface area contributed by atoms with Gasteiger partial charge in [-0.25, -0.2) is 0 Å². The Kier molecular flexibility index (Phi) is 13.2. The van der Waals surface area contributed by atoms with Gasteiger partial charge in [0.15, 0.2) is 0 Å². The molecular formula is C100H72BN3. The van der Waals surface area contributed by atoms with Gasteiger partial charge in [0, 0.05) is 61.5 Å². The molecule has 0 radical (unpaired) electrons. The Morgan fingerprint density at radius 2 is 0.625 bits per heavy atom. The first-order chi connectivity index (χ1) is 54.6. The topological polar surface area (TPSA) is 11.4 Å². The number of rotatable bonds is 12. The zero-order chi connectivity index (χ0) is 76.4. The van der Waals surface area contributed by atoms with Gasteiger partial charge in [0.2, 0.25) is 0 Å². The molecule has 490 valence electrons. The van der Waals surface area contributed by atoms with E-state index in [1.165, 1.54) is 0 Å². The van der Waals surface area contributed by atoms with E-state index in [-0.39, 0.29) is 33.9 Å². The maximum absolute atomic E-state index is 9.91. The minimum atomic E-state index is -0.524. The highest BCUT2D eigenvalue weighted by molar-refractivity contribution is 7.00. The Morgan fingerprint density at radius 3 is 1.05 bits per heavy atom. The third-order valence-corrected chi connectivity index (χ3v) is 20.9. The van der Waals surface area contributed by atoms with E-state index < -0.39 is 48.4 Å². The monoisotopic (exact) mass is 1330 g/mol. The summed E-state index contributed by atoms with van der Waals surface area (Å²) in [5.74, 6) is 0. The molecule has 0 bridgehead atoms. The second-order valence-electron chi connectivity index (χ2n) is 28.1. The third-order valence-electron chi connectivity index (χ3n) is 20.9. The number of fused-ring (bicyclic) bond motifs is 7. The smallest absolute Gasteiger partial charge is 0.252 e. The molecule has 17 aromatic rings. The predicted octanol–water partition coefficient (Wildman–Crippen LogP) is 25.2. The van der Waals surface area contributed by atoms with Gasteiger partial charge in [0.05, 0.1) is 33.4 Å². The van der Waals surface area contributed by atoms with Crippen LogP contribution >= 0.6 is 0 Å². The van der Waals surface area contributed by atoms with E-state index in [0.29, 0.717) is 5.69 Å². The van der Waals surface area contributed by atoms with Gasteiger partial charge in [-0.05, 0) is 184 Å². The summed E-state index contributed by atoms with van der Waals surface area (Å²) in [6.07, 6.45) is 0. The van der Waals surface area contributed by atoms with Crippen LogP contribution in [0.25, 0.3) is 128 Å². The average Bonchev–Trinajstić information content (AvgIpc) is 0.815. The molecule has 0 N–H and O–H groups in total. The molecule has 3 nitrogen and oxygen atoms in total. The van der Waals surface area contributed by atoms with E-state index in [2.05, 4.69) is 346 Å². The molecule has 0 amide bonds. The molecule has 0 fully saturated rings. The normalized spacial score (nSPS) is 13.4. The number of para-hydroxylation sites is 2. The second-order valence-corrected chi connectivity index (χ2v) is 28.1. The minimum Gasteiger partial charge on any atom is -0.310 e. The van der Waals surface area contributed by atoms with Gasteiger partial charge in [0.1, 0.15) is 0 Å². The summed E-state index contributed by atoms with van der Waals surface area (Å²) >= 11 is 0. The minimum absolute atomic E-state index is 0.00316. The van der Waals surface area contributed by atoms with E-state index >= 15 is 0 Å². The molecule has 19 rings (SSSR count). The summed E-state index contributed by atoms with van der Waals surface area (Å²) in [5.41, 5.74) is 27.8. The molecule has 0 spiro atoms. The van der Waals surface area contributed by atoms with Crippen LogP contribution in [0.1, 0.15) is 37.3 Å². The second kappa shape index (κ2) is 25.6. The Hall–Kier alpha value is -13.0. The molecule has 0 atom stereocenters. The van der Waals surface area contributed by atoms with Crippen molar-refractivity contribution in [1.29, 1.82) is 0 Å². The molecule has 2 aliphatic heterocycles. The average molecular weight is 1330 g/mol. The maximum Gasteiger partial charge on any atom is 0.252 e. The first kappa shape index (κ1) is 53.8. The molecule has 0 unspecified atom stereocenters. The molecule has 0 aliphatic carbocycles. The summed E-state index contributed by atoms with van der Waals surface area (Å²) in [7, 11) is 0. The van der Waals surface area contributed by atoms with Gasteiger partial charge in [-0.2, -0.15) is 0 Å². The first-order valence-corrected chi connectivity index (χ1v) is 35.6. The zero-order valence-corrected chi connectivity index (χ0v) is 57.7. The van der Waals surface area contributed by atoms with Crippen molar-refractivity contribution < 1.29 is 11.0 Å². The predicted molar refractivity (Wildman–Crippen MR) is 442 cm³/mol. The fourth-order valence-corrected chi connectivity index (χ4v) is 16.0.